The molecule has 3 rings (SSSR count). The molecule has 0 bridgehead atoms. The Morgan fingerprint density at radius 1 is 0.783 bits per heavy atom. The third-order valence-electron chi connectivity index (χ3n) is 3.50. The zero-order chi connectivity index (χ0) is 15.7. The number of aryl methyl sites for hydroxylation is 1. The van der Waals surface area contributed by atoms with Crippen LogP contribution in [0.25, 0.3) is 0 Å². The lowest BCUT2D eigenvalue weighted by Gasteiger charge is -2.08. The SMILES string of the molecule is c1ccc(CCCNc2cc(Nc3ccccc3)ncn2)cc1. The quantitative estimate of drug-likeness (QED) is 0.640. The molecule has 4 heteroatoms. The van der Waals surface area contributed by atoms with Crippen molar-refractivity contribution in [2.75, 3.05) is 17.2 Å². The molecule has 0 saturated heterocycles. The van der Waals surface area contributed by atoms with E-state index in [1.807, 2.05) is 42.5 Å². The fourth-order valence-corrected chi connectivity index (χ4v) is 2.35. The van der Waals surface area contributed by atoms with Crippen LogP contribution < -0.4 is 10.6 Å². The molecule has 116 valence electrons. The van der Waals surface area contributed by atoms with Crippen molar-refractivity contribution in [2.24, 2.45) is 0 Å². The maximum absolute atomic E-state index is 4.26. The van der Waals surface area contributed by atoms with Gasteiger partial charge in [-0.25, -0.2) is 9.97 Å². The summed E-state index contributed by atoms with van der Waals surface area (Å²) in [6.45, 7) is 0.886. The van der Waals surface area contributed by atoms with Crippen LogP contribution in [0.3, 0.4) is 0 Å². The second kappa shape index (κ2) is 7.94. The number of rotatable bonds is 7. The van der Waals surface area contributed by atoms with Crippen molar-refractivity contribution in [2.45, 2.75) is 12.8 Å². The summed E-state index contributed by atoms with van der Waals surface area (Å²) in [6.07, 6.45) is 3.70. The van der Waals surface area contributed by atoms with Gasteiger partial charge in [-0.2, -0.15) is 0 Å². The molecular weight excluding hydrogens is 284 g/mol. The van der Waals surface area contributed by atoms with Gasteiger partial charge in [-0.3, -0.25) is 0 Å². The van der Waals surface area contributed by atoms with E-state index in [9.17, 15) is 0 Å². The summed E-state index contributed by atoms with van der Waals surface area (Å²) >= 11 is 0. The molecule has 23 heavy (non-hydrogen) atoms. The number of nitrogens with one attached hydrogen (secondary N) is 2. The molecule has 0 aliphatic carbocycles. The Balaban J connectivity index is 1.49. The van der Waals surface area contributed by atoms with Crippen molar-refractivity contribution in [3.63, 3.8) is 0 Å². The number of aromatic nitrogens is 2. The van der Waals surface area contributed by atoms with Crippen molar-refractivity contribution in [1.29, 1.82) is 0 Å². The van der Waals surface area contributed by atoms with Gasteiger partial charge in [0, 0.05) is 18.3 Å². The Morgan fingerprint density at radius 2 is 1.48 bits per heavy atom. The number of benzene rings is 2. The van der Waals surface area contributed by atoms with E-state index in [0.29, 0.717) is 0 Å². The summed E-state index contributed by atoms with van der Waals surface area (Å²) in [5, 5.41) is 6.62. The van der Waals surface area contributed by atoms with Gasteiger partial charge in [-0.1, -0.05) is 48.5 Å². The lowest BCUT2D eigenvalue weighted by atomic mass is 10.1. The van der Waals surface area contributed by atoms with Crippen molar-refractivity contribution < 1.29 is 0 Å². The minimum Gasteiger partial charge on any atom is -0.370 e. The van der Waals surface area contributed by atoms with Crippen LogP contribution in [0.4, 0.5) is 17.3 Å². The van der Waals surface area contributed by atoms with Crippen LogP contribution in [0.2, 0.25) is 0 Å². The highest BCUT2D eigenvalue weighted by atomic mass is 15.1. The molecule has 0 aliphatic heterocycles. The average molecular weight is 304 g/mol. The number of nitrogens with zero attached hydrogens (tertiary/aromatic N) is 2. The number of hydrogen-bond acceptors (Lipinski definition) is 4. The highest BCUT2D eigenvalue weighted by Crippen LogP contribution is 2.15. The minimum atomic E-state index is 0.789. The van der Waals surface area contributed by atoms with Crippen LogP contribution >= 0.6 is 0 Å². The first-order chi connectivity index (χ1) is 11.4. The van der Waals surface area contributed by atoms with Gasteiger partial charge in [-0.15, -0.1) is 0 Å². The fourth-order valence-electron chi connectivity index (χ4n) is 2.35. The lowest BCUT2D eigenvalue weighted by Crippen LogP contribution is -2.05. The van der Waals surface area contributed by atoms with Crippen LogP contribution in [0.5, 0.6) is 0 Å². The molecule has 3 aromatic rings. The maximum atomic E-state index is 4.26. The van der Waals surface area contributed by atoms with Gasteiger partial charge in [0.2, 0.25) is 0 Å². The largest absolute Gasteiger partial charge is 0.370 e. The summed E-state index contributed by atoms with van der Waals surface area (Å²) < 4.78 is 0. The molecule has 0 aliphatic rings. The Kier molecular flexibility index (Phi) is 5.19. The van der Waals surface area contributed by atoms with E-state index in [2.05, 4.69) is 44.9 Å². The molecule has 0 atom stereocenters. The van der Waals surface area contributed by atoms with E-state index in [0.717, 1.165) is 36.7 Å². The smallest absolute Gasteiger partial charge is 0.135 e. The highest BCUT2D eigenvalue weighted by molar-refractivity contribution is 5.58. The molecule has 0 spiro atoms. The molecular formula is C19H20N4. The van der Waals surface area contributed by atoms with Gasteiger partial charge in [0.15, 0.2) is 0 Å². The molecule has 1 aromatic heterocycles. The molecule has 0 amide bonds. The second-order valence-corrected chi connectivity index (χ2v) is 5.30. The van der Waals surface area contributed by atoms with Gasteiger partial charge >= 0.3 is 0 Å². The van der Waals surface area contributed by atoms with Gasteiger partial charge in [0.25, 0.3) is 0 Å². The van der Waals surface area contributed by atoms with Crippen LogP contribution in [0.1, 0.15) is 12.0 Å². The van der Waals surface area contributed by atoms with Crippen molar-refractivity contribution in [3.05, 3.63) is 78.6 Å². The summed E-state index contributed by atoms with van der Waals surface area (Å²) in [5.74, 6) is 1.63. The second-order valence-electron chi connectivity index (χ2n) is 5.30. The number of hydrogen-bond donors (Lipinski definition) is 2. The highest BCUT2D eigenvalue weighted by Gasteiger charge is 1.99. The molecule has 0 fully saturated rings. The molecule has 2 N–H and O–H groups in total. The predicted octanol–water partition coefficient (Wildman–Crippen LogP) is 4.26. The lowest BCUT2D eigenvalue weighted by molar-refractivity contribution is 0.858. The first-order valence-corrected chi connectivity index (χ1v) is 7.82. The third kappa shape index (κ3) is 4.81. The topological polar surface area (TPSA) is 49.8 Å². The summed E-state index contributed by atoms with van der Waals surface area (Å²) in [5.41, 5.74) is 2.38. The molecule has 0 saturated carbocycles. The monoisotopic (exact) mass is 304 g/mol. The van der Waals surface area contributed by atoms with Gasteiger partial charge in [0.1, 0.15) is 18.0 Å². The van der Waals surface area contributed by atoms with Crippen LogP contribution in [-0.4, -0.2) is 16.5 Å². The Bertz CT molecular complexity index is 714. The van der Waals surface area contributed by atoms with E-state index in [1.165, 1.54) is 5.56 Å². The standard InChI is InChI=1S/C19H20N4/c1-3-8-16(9-4-1)10-7-13-20-18-14-19(22-15-21-18)23-17-11-5-2-6-12-17/h1-6,8-9,11-12,14-15H,7,10,13H2,(H2,20,21,22,23). The fraction of sp³-hybridized carbons (Fsp3) is 0.158. The first-order valence-electron chi connectivity index (χ1n) is 7.82. The van der Waals surface area contributed by atoms with Crippen LogP contribution in [0, 0.1) is 0 Å². The van der Waals surface area contributed by atoms with E-state index in [4.69, 9.17) is 0 Å². The molecule has 4 nitrogen and oxygen atoms in total. The normalized spacial score (nSPS) is 10.3. The Hall–Kier alpha value is -2.88. The number of anilines is 3. The summed E-state index contributed by atoms with van der Waals surface area (Å²) in [7, 11) is 0. The first kappa shape index (κ1) is 15.0. The van der Waals surface area contributed by atoms with Crippen molar-refractivity contribution in [1.82, 2.24) is 9.97 Å². The Labute approximate surface area is 136 Å². The molecule has 0 radical (unpaired) electrons. The van der Waals surface area contributed by atoms with E-state index in [1.54, 1.807) is 6.33 Å². The average Bonchev–Trinajstić information content (AvgIpc) is 2.61. The predicted molar refractivity (Wildman–Crippen MR) is 95.0 cm³/mol. The zero-order valence-corrected chi connectivity index (χ0v) is 12.9. The van der Waals surface area contributed by atoms with Crippen molar-refractivity contribution in [3.8, 4) is 0 Å². The number of para-hydroxylation sites is 1. The third-order valence-corrected chi connectivity index (χ3v) is 3.50. The zero-order valence-electron chi connectivity index (χ0n) is 12.9. The van der Waals surface area contributed by atoms with Crippen molar-refractivity contribution >= 4 is 17.3 Å². The minimum absolute atomic E-state index is 0.789. The molecule has 2 aromatic carbocycles. The molecule has 1 heterocycles. The van der Waals surface area contributed by atoms with Gasteiger partial charge < -0.3 is 10.6 Å². The van der Waals surface area contributed by atoms with Crippen LogP contribution in [-0.2, 0) is 6.42 Å². The summed E-state index contributed by atoms with van der Waals surface area (Å²) in [6, 6.07) is 22.4. The van der Waals surface area contributed by atoms with Crippen LogP contribution in [0.15, 0.2) is 73.1 Å². The van der Waals surface area contributed by atoms with E-state index < -0.39 is 0 Å². The maximum Gasteiger partial charge on any atom is 0.135 e. The molecule has 0 unspecified atom stereocenters. The Morgan fingerprint density at radius 3 is 2.26 bits per heavy atom. The van der Waals surface area contributed by atoms with Gasteiger partial charge in [-0.05, 0) is 30.5 Å². The van der Waals surface area contributed by atoms with E-state index >= 15 is 0 Å². The van der Waals surface area contributed by atoms with Gasteiger partial charge in [0.05, 0.1) is 0 Å². The summed E-state index contributed by atoms with van der Waals surface area (Å²) in [4.78, 5) is 8.51. The van der Waals surface area contributed by atoms with E-state index in [-0.39, 0.29) is 0 Å².